The number of hydrogen-bond donors (Lipinski definition) is 3. The lowest BCUT2D eigenvalue weighted by atomic mass is 10.0. The van der Waals surface area contributed by atoms with Crippen LogP contribution in [0.1, 0.15) is 20.8 Å². The molecule has 0 fully saturated rings. The molecule has 26 heavy (non-hydrogen) atoms. The first-order valence-electron chi connectivity index (χ1n) is 7.75. The predicted octanol–water partition coefficient (Wildman–Crippen LogP) is 1.43. The molecule has 0 radical (unpaired) electrons. The summed E-state index contributed by atoms with van der Waals surface area (Å²) in [5.74, 6) is 4.82. The average molecular weight is 401 g/mol. The van der Waals surface area contributed by atoms with Crippen LogP contribution in [0.2, 0.25) is 0 Å². The number of thioether (sulfide) groups is 1. The van der Waals surface area contributed by atoms with Crippen molar-refractivity contribution >= 4 is 27.5 Å². The summed E-state index contributed by atoms with van der Waals surface area (Å²) in [6.07, 6.45) is 1.80. The van der Waals surface area contributed by atoms with Crippen molar-refractivity contribution in [1.29, 1.82) is 0 Å². The van der Waals surface area contributed by atoms with Crippen LogP contribution >= 0.6 is 11.8 Å². The van der Waals surface area contributed by atoms with E-state index in [1.54, 1.807) is 44.6 Å². The van der Waals surface area contributed by atoms with Crippen molar-refractivity contribution in [2.45, 2.75) is 36.5 Å². The van der Waals surface area contributed by atoms with E-state index in [4.69, 9.17) is 9.94 Å². The van der Waals surface area contributed by atoms with Gasteiger partial charge in [0.25, 0.3) is 5.91 Å². The molecule has 144 valence electrons. The van der Waals surface area contributed by atoms with Crippen molar-refractivity contribution in [1.82, 2.24) is 10.8 Å². The number of carbonyl (C=O) groups excluding carboxylic acids is 1. The molecule has 0 aliphatic carbocycles. The van der Waals surface area contributed by atoms with E-state index >= 15 is 0 Å². The summed E-state index contributed by atoms with van der Waals surface area (Å²) >= 11 is 1.38. The number of nitrogens with one attached hydrogen (secondary N) is 2. The number of benzene rings is 1. The van der Waals surface area contributed by atoms with Crippen LogP contribution in [0, 0.1) is 11.8 Å². The molecule has 3 N–H and O–H groups in total. The first kappa shape index (κ1) is 22.3. The Bertz CT molecular complexity index is 765. The molecular formula is C17H24N2O5S2. The largest absolute Gasteiger partial charge is 0.481 e. The number of sulfone groups is 1. The minimum atomic E-state index is -3.67. The lowest BCUT2D eigenvalue weighted by Gasteiger charge is -2.31. The summed E-state index contributed by atoms with van der Waals surface area (Å²) in [6, 6.07) is 5.08. The number of rotatable bonds is 9. The monoisotopic (exact) mass is 400 g/mol. The number of amides is 1. The van der Waals surface area contributed by atoms with Gasteiger partial charge in [-0.3, -0.25) is 15.3 Å². The van der Waals surface area contributed by atoms with E-state index in [9.17, 15) is 13.2 Å². The third kappa shape index (κ3) is 6.21. The quantitative estimate of drug-likeness (QED) is 0.327. The van der Waals surface area contributed by atoms with E-state index in [0.29, 0.717) is 5.75 Å². The second-order valence-electron chi connectivity index (χ2n) is 5.87. The Morgan fingerprint density at radius 2 is 1.96 bits per heavy atom. The molecule has 1 unspecified atom stereocenters. The predicted molar refractivity (Wildman–Crippen MR) is 102 cm³/mol. The molecule has 1 atom stereocenters. The summed E-state index contributed by atoms with van der Waals surface area (Å²) in [5, 5.41) is 11.6. The molecule has 9 heteroatoms. The van der Waals surface area contributed by atoms with Gasteiger partial charge in [-0.1, -0.05) is 5.92 Å². The third-order valence-corrected chi connectivity index (χ3v) is 6.57. The second-order valence-corrected chi connectivity index (χ2v) is 9.32. The van der Waals surface area contributed by atoms with E-state index in [1.807, 2.05) is 0 Å². The van der Waals surface area contributed by atoms with Gasteiger partial charge in [0, 0.05) is 4.75 Å². The molecule has 0 aliphatic rings. The van der Waals surface area contributed by atoms with E-state index in [1.165, 1.54) is 23.9 Å². The van der Waals surface area contributed by atoms with E-state index in [-0.39, 0.29) is 11.5 Å². The van der Waals surface area contributed by atoms with Crippen LogP contribution < -0.4 is 15.5 Å². The van der Waals surface area contributed by atoms with Gasteiger partial charge >= 0.3 is 0 Å². The summed E-state index contributed by atoms with van der Waals surface area (Å²) in [5.41, 5.74) is 1.58. The molecule has 0 aliphatic heterocycles. The molecule has 0 saturated heterocycles. The Hall–Kier alpha value is -1.73. The highest BCUT2D eigenvalue weighted by Crippen LogP contribution is 2.26. The summed E-state index contributed by atoms with van der Waals surface area (Å²) in [6.45, 7) is 5.49. The Kier molecular flexibility index (Phi) is 8.43. The van der Waals surface area contributed by atoms with Gasteiger partial charge in [-0.05, 0) is 51.3 Å². The highest BCUT2D eigenvalue weighted by Gasteiger charge is 2.35. The van der Waals surface area contributed by atoms with Crippen molar-refractivity contribution in [3.05, 3.63) is 24.3 Å². The van der Waals surface area contributed by atoms with Crippen molar-refractivity contribution in [2.24, 2.45) is 0 Å². The summed E-state index contributed by atoms with van der Waals surface area (Å²) in [7, 11) is -3.67. The van der Waals surface area contributed by atoms with Crippen LogP contribution in [-0.2, 0) is 14.6 Å². The van der Waals surface area contributed by atoms with E-state index < -0.39 is 32.4 Å². The molecule has 0 bridgehead atoms. The highest BCUT2D eigenvalue weighted by molar-refractivity contribution is 8.00. The number of hydroxylamine groups is 1. The van der Waals surface area contributed by atoms with Crippen LogP contribution in [-0.4, -0.2) is 49.1 Å². The maximum absolute atomic E-state index is 12.5. The van der Waals surface area contributed by atoms with Crippen molar-refractivity contribution < 1.29 is 23.2 Å². The van der Waals surface area contributed by atoms with Gasteiger partial charge in [-0.25, -0.2) is 13.9 Å². The van der Waals surface area contributed by atoms with E-state index in [0.717, 1.165) is 0 Å². The van der Waals surface area contributed by atoms with Crippen molar-refractivity contribution in [3.8, 4) is 17.6 Å². The van der Waals surface area contributed by atoms with E-state index in [2.05, 4.69) is 17.2 Å². The van der Waals surface area contributed by atoms with Gasteiger partial charge in [0.05, 0.1) is 4.90 Å². The zero-order valence-corrected chi connectivity index (χ0v) is 16.8. The normalized spacial score (nSPS) is 12.7. The van der Waals surface area contributed by atoms with Gasteiger partial charge in [0.15, 0.2) is 9.84 Å². The Morgan fingerprint density at radius 3 is 2.46 bits per heavy atom. The zero-order chi connectivity index (χ0) is 19.8. The molecule has 1 rings (SSSR count). The maximum Gasteiger partial charge on any atom is 0.261 e. The average Bonchev–Trinajstić information content (AvgIpc) is 2.62. The number of carbonyl (C=O) groups is 1. The SMILES string of the molecule is CC#CCOc1ccc(S(=O)(=O)CNC(C(=O)NO)C(C)(C)SC)cc1. The lowest BCUT2D eigenvalue weighted by molar-refractivity contribution is -0.131. The van der Waals surface area contributed by atoms with Crippen LogP contribution in [0.25, 0.3) is 0 Å². The van der Waals surface area contributed by atoms with Gasteiger partial charge in [-0.15, -0.1) is 5.92 Å². The van der Waals surface area contributed by atoms with Crippen LogP contribution in [0.15, 0.2) is 29.2 Å². The molecule has 0 aromatic heterocycles. The van der Waals surface area contributed by atoms with Gasteiger partial charge in [-0.2, -0.15) is 11.8 Å². The number of hydrogen-bond acceptors (Lipinski definition) is 7. The summed E-state index contributed by atoms with van der Waals surface area (Å²) in [4.78, 5) is 12.0. The molecule has 1 aromatic rings. The molecule has 0 spiro atoms. The fraction of sp³-hybridized carbons (Fsp3) is 0.471. The molecule has 1 amide bonds. The van der Waals surface area contributed by atoms with Gasteiger partial charge in [0.1, 0.15) is 24.3 Å². The third-order valence-electron chi connectivity index (χ3n) is 3.74. The van der Waals surface area contributed by atoms with Crippen LogP contribution in [0.4, 0.5) is 0 Å². The zero-order valence-electron chi connectivity index (χ0n) is 15.2. The summed E-state index contributed by atoms with van der Waals surface area (Å²) < 4.78 is 29.7. The van der Waals surface area contributed by atoms with Crippen LogP contribution in [0.5, 0.6) is 5.75 Å². The van der Waals surface area contributed by atoms with Crippen molar-refractivity contribution in [2.75, 3.05) is 18.7 Å². The van der Waals surface area contributed by atoms with Crippen LogP contribution in [0.3, 0.4) is 0 Å². The molecule has 0 saturated carbocycles. The Balaban J connectivity index is 2.86. The second kappa shape index (κ2) is 9.83. The van der Waals surface area contributed by atoms with Gasteiger partial charge in [0.2, 0.25) is 0 Å². The molecule has 1 aromatic carbocycles. The molecule has 7 nitrogen and oxygen atoms in total. The fourth-order valence-corrected chi connectivity index (χ4v) is 3.58. The van der Waals surface area contributed by atoms with Crippen molar-refractivity contribution in [3.63, 3.8) is 0 Å². The Labute approximate surface area is 158 Å². The molecular weight excluding hydrogens is 376 g/mol. The first-order chi connectivity index (χ1) is 12.2. The highest BCUT2D eigenvalue weighted by atomic mass is 32.2. The molecule has 0 heterocycles. The maximum atomic E-state index is 12.5. The Morgan fingerprint density at radius 1 is 1.35 bits per heavy atom. The standard InChI is InChI=1S/C17H24N2O5S2/c1-5-6-11-24-13-7-9-14(10-8-13)26(22,23)12-18-15(16(20)19-21)17(2,3)25-4/h7-10,15,18,21H,11-12H2,1-4H3,(H,19,20). The minimum Gasteiger partial charge on any atom is -0.481 e. The lowest BCUT2D eigenvalue weighted by Crippen LogP contribution is -2.55. The first-order valence-corrected chi connectivity index (χ1v) is 10.6. The number of ether oxygens (including phenoxy) is 1. The fourth-order valence-electron chi connectivity index (χ4n) is 2.05. The topological polar surface area (TPSA) is 105 Å². The smallest absolute Gasteiger partial charge is 0.261 e. The van der Waals surface area contributed by atoms with Gasteiger partial charge < -0.3 is 4.74 Å². The minimum absolute atomic E-state index is 0.101.